The largest absolute Gasteiger partial charge is 0.467 e. The Morgan fingerprint density at radius 3 is 2.54 bits per heavy atom. The van der Waals surface area contributed by atoms with Crippen LogP contribution in [-0.4, -0.2) is 22.4 Å². The third-order valence-electron chi connectivity index (χ3n) is 3.64. The maximum atomic E-state index is 12.9. The predicted octanol–water partition coefficient (Wildman–Crippen LogP) is 4.12. The quantitative estimate of drug-likeness (QED) is 0.638. The van der Waals surface area contributed by atoms with E-state index in [1.54, 1.807) is 41.8 Å². The Bertz CT molecular complexity index is 822. The molecule has 0 spiro atoms. The molecule has 0 unspecified atom stereocenters. The van der Waals surface area contributed by atoms with Crippen LogP contribution >= 0.6 is 0 Å². The molecule has 0 aliphatic heterocycles. The van der Waals surface area contributed by atoms with Crippen LogP contribution in [0, 0.1) is 0 Å². The van der Waals surface area contributed by atoms with Gasteiger partial charge in [0.25, 0.3) is 5.91 Å². The zero-order chi connectivity index (χ0) is 18.4. The van der Waals surface area contributed by atoms with Crippen molar-refractivity contribution in [2.45, 2.75) is 19.7 Å². The highest BCUT2D eigenvalue weighted by Gasteiger charge is 2.18. The number of benzene rings is 1. The molecule has 134 valence electrons. The lowest BCUT2D eigenvalue weighted by atomic mass is 10.1. The summed E-state index contributed by atoms with van der Waals surface area (Å²) in [5.41, 5.74) is 1.23. The van der Waals surface area contributed by atoms with E-state index in [0.717, 1.165) is 5.56 Å². The first kappa shape index (κ1) is 17.6. The molecule has 3 aromatic rings. The van der Waals surface area contributed by atoms with Crippen LogP contribution in [0.5, 0.6) is 5.75 Å². The first-order chi connectivity index (χ1) is 12.6. The van der Waals surface area contributed by atoms with Crippen molar-refractivity contribution < 1.29 is 22.7 Å². The third-order valence-corrected chi connectivity index (χ3v) is 3.64. The molecule has 0 fully saturated rings. The molecule has 26 heavy (non-hydrogen) atoms. The number of nitrogens with zero attached hydrogens (tertiary/aromatic N) is 2. The number of pyridine rings is 1. The SMILES string of the molecule is O=C(c1ccc(OC(F)F)cc1)N(Cc1cccnc1)Cc1ccco1. The predicted molar refractivity (Wildman–Crippen MR) is 89.6 cm³/mol. The number of furan rings is 1. The number of aromatic nitrogens is 1. The first-order valence-electron chi connectivity index (χ1n) is 7.87. The van der Waals surface area contributed by atoms with Crippen molar-refractivity contribution >= 4 is 5.91 Å². The Kier molecular flexibility index (Phi) is 5.58. The van der Waals surface area contributed by atoms with Gasteiger partial charge in [0.15, 0.2) is 0 Å². The van der Waals surface area contributed by atoms with E-state index >= 15 is 0 Å². The summed E-state index contributed by atoms with van der Waals surface area (Å²) < 4.78 is 34.1. The van der Waals surface area contributed by atoms with Crippen LogP contribution in [0.15, 0.2) is 71.6 Å². The van der Waals surface area contributed by atoms with Gasteiger partial charge in [0.2, 0.25) is 0 Å². The van der Waals surface area contributed by atoms with Gasteiger partial charge in [0.1, 0.15) is 11.5 Å². The van der Waals surface area contributed by atoms with E-state index in [9.17, 15) is 13.6 Å². The van der Waals surface area contributed by atoms with E-state index in [2.05, 4.69) is 9.72 Å². The topological polar surface area (TPSA) is 55.6 Å². The summed E-state index contributed by atoms with van der Waals surface area (Å²) in [5, 5.41) is 0. The fourth-order valence-electron chi connectivity index (χ4n) is 2.46. The normalized spacial score (nSPS) is 10.7. The first-order valence-corrected chi connectivity index (χ1v) is 7.87. The zero-order valence-electron chi connectivity index (χ0n) is 13.7. The van der Waals surface area contributed by atoms with E-state index < -0.39 is 6.61 Å². The summed E-state index contributed by atoms with van der Waals surface area (Å²) in [6, 6.07) is 12.8. The molecule has 0 bridgehead atoms. The van der Waals surface area contributed by atoms with Gasteiger partial charge in [-0.05, 0) is 48.0 Å². The maximum Gasteiger partial charge on any atom is 0.387 e. The lowest BCUT2D eigenvalue weighted by molar-refractivity contribution is -0.0498. The molecular weight excluding hydrogens is 342 g/mol. The number of rotatable bonds is 7. The molecule has 3 rings (SSSR count). The van der Waals surface area contributed by atoms with Crippen LogP contribution < -0.4 is 4.74 Å². The lowest BCUT2D eigenvalue weighted by Crippen LogP contribution is -2.30. The molecule has 0 radical (unpaired) electrons. The van der Waals surface area contributed by atoms with Crippen molar-refractivity contribution in [1.29, 1.82) is 0 Å². The number of halogens is 2. The summed E-state index contributed by atoms with van der Waals surface area (Å²) in [5.74, 6) is 0.384. The molecular formula is C19H16F2N2O3. The van der Waals surface area contributed by atoms with Crippen molar-refractivity contribution in [3.8, 4) is 5.75 Å². The van der Waals surface area contributed by atoms with E-state index in [0.29, 0.717) is 17.9 Å². The van der Waals surface area contributed by atoms with Gasteiger partial charge in [-0.15, -0.1) is 0 Å². The van der Waals surface area contributed by atoms with Crippen LogP contribution in [0.1, 0.15) is 21.7 Å². The van der Waals surface area contributed by atoms with Gasteiger partial charge in [-0.2, -0.15) is 8.78 Å². The number of alkyl halides is 2. The molecule has 0 aliphatic rings. The molecule has 5 nitrogen and oxygen atoms in total. The Morgan fingerprint density at radius 1 is 1.12 bits per heavy atom. The molecule has 0 N–H and O–H groups in total. The smallest absolute Gasteiger partial charge is 0.387 e. The molecule has 0 atom stereocenters. The van der Waals surface area contributed by atoms with E-state index in [4.69, 9.17) is 4.42 Å². The van der Waals surface area contributed by atoms with Gasteiger partial charge in [0.05, 0.1) is 12.8 Å². The van der Waals surface area contributed by atoms with E-state index in [-0.39, 0.29) is 18.2 Å². The van der Waals surface area contributed by atoms with Crippen molar-refractivity contribution in [1.82, 2.24) is 9.88 Å². The van der Waals surface area contributed by atoms with Gasteiger partial charge in [0, 0.05) is 24.5 Å². The van der Waals surface area contributed by atoms with Crippen molar-refractivity contribution in [3.63, 3.8) is 0 Å². The molecule has 2 heterocycles. The number of carbonyl (C=O) groups is 1. The average Bonchev–Trinajstić information content (AvgIpc) is 3.15. The van der Waals surface area contributed by atoms with Gasteiger partial charge < -0.3 is 14.1 Å². The Hall–Kier alpha value is -3.22. The van der Waals surface area contributed by atoms with Crippen LogP contribution in [0.4, 0.5) is 8.78 Å². The number of hydrogen-bond donors (Lipinski definition) is 0. The van der Waals surface area contributed by atoms with Crippen LogP contribution in [0.25, 0.3) is 0 Å². The minimum atomic E-state index is -2.91. The minimum absolute atomic E-state index is 0.00129. The molecule has 2 aromatic heterocycles. The summed E-state index contributed by atoms with van der Waals surface area (Å²) in [7, 11) is 0. The summed E-state index contributed by atoms with van der Waals surface area (Å²) >= 11 is 0. The fraction of sp³-hybridized carbons (Fsp3) is 0.158. The Labute approximate surface area is 148 Å². The number of carbonyl (C=O) groups excluding carboxylic acids is 1. The van der Waals surface area contributed by atoms with Crippen molar-refractivity contribution in [2.24, 2.45) is 0 Å². The Morgan fingerprint density at radius 2 is 1.92 bits per heavy atom. The van der Waals surface area contributed by atoms with E-state index in [1.807, 2.05) is 6.07 Å². The standard InChI is InChI=1S/C19H16F2N2O3/c20-19(21)26-16-7-5-15(6-8-16)18(24)23(13-17-4-2-10-25-17)12-14-3-1-9-22-11-14/h1-11,19H,12-13H2. The van der Waals surface area contributed by atoms with Crippen molar-refractivity contribution in [3.05, 3.63) is 84.1 Å². The third kappa shape index (κ3) is 4.66. The van der Waals surface area contributed by atoms with Crippen LogP contribution in [-0.2, 0) is 13.1 Å². The maximum absolute atomic E-state index is 12.9. The van der Waals surface area contributed by atoms with Gasteiger partial charge >= 0.3 is 6.61 Å². The number of ether oxygens (including phenoxy) is 1. The van der Waals surface area contributed by atoms with Crippen LogP contribution in [0.2, 0.25) is 0 Å². The molecule has 0 saturated carbocycles. The number of amides is 1. The minimum Gasteiger partial charge on any atom is -0.467 e. The monoisotopic (exact) mass is 358 g/mol. The lowest BCUT2D eigenvalue weighted by Gasteiger charge is -2.22. The summed E-state index contributed by atoms with van der Waals surface area (Å²) in [6.45, 7) is -2.30. The van der Waals surface area contributed by atoms with Crippen LogP contribution in [0.3, 0.4) is 0 Å². The number of hydrogen-bond acceptors (Lipinski definition) is 4. The molecule has 1 amide bonds. The van der Waals surface area contributed by atoms with Gasteiger partial charge in [-0.1, -0.05) is 6.07 Å². The highest BCUT2D eigenvalue weighted by Crippen LogP contribution is 2.18. The van der Waals surface area contributed by atoms with Gasteiger partial charge in [-0.3, -0.25) is 9.78 Å². The zero-order valence-corrected chi connectivity index (χ0v) is 13.7. The average molecular weight is 358 g/mol. The van der Waals surface area contributed by atoms with Gasteiger partial charge in [-0.25, -0.2) is 0 Å². The summed E-state index contributed by atoms with van der Waals surface area (Å²) in [4.78, 5) is 18.5. The second-order valence-corrected chi connectivity index (χ2v) is 5.50. The molecule has 0 saturated heterocycles. The second kappa shape index (κ2) is 8.24. The Balaban J connectivity index is 1.79. The second-order valence-electron chi connectivity index (χ2n) is 5.50. The highest BCUT2D eigenvalue weighted by atomic mass is 19.3. The molecule has 1 aromatic carbocycles. The summed E-state index contributed by atoms with van der Waals surface area (Å²) in [6.07, 6.45) is 4.88. The molecule has 0 aliphatic carbocycles. The van der Waals surface area contributed by atoms with Crippen molar-refractivity contribution in [2.75, 3.05) is 0 Å². The molecule has 7 heteroatoms. The highest BCUT2D eigenvalue weighted by molar-refractivity contribution is 5.94. The van der Waals surface area contributed by atoms with E-state index in [1.165, 1.54) is 24.3 Å². The fourth-order valence-corrected chi connectivity index (χ4v) is 2.46.